The van der Waals surface area contributed by atoms with Gasteiger partial charge in [0.15, 0.2) is 5.11 Å². The monoisotopic (exact) mass is 184 g/mol. The Bertz CT molecular complexity index is 173. The molecule has 68 valence electrons. The number of nitrogens with one attached hydrogen (secondary N) is 1. The molecule has 0 amide bonds. The number of hydrogen-bond donors (Lipinski definition) is 2. The predicted octanol–water partition coefficient (Wildman–Crippen LogP) is 1.26. The third-order valence-corrected chi connectivity index (χ3v) is 3.11. The van der Waals surface area contributed by atoms with Gasteiger partial charge in [-0.2, -0.15) is 0 Å². The van der Waals surface area contributed by atoms with Crippen molar-refractivity contribution < 1.29 is 0 Å². The van der Waals surface area contributed by atoms with Gasteiger partial charge in [0.2, 0.25) is 0 Å². The minimum atomic E-state index is 0.460. The lowest BCUT2D eigenvalue weighted by atomic mass is 9.98. The van der Waals surface area contributed by atoms with Gasteiger partial charge in [-0.1, -0.05) is 0 Å². The zero-order valence-electron chi connectivity index (χ0n) is 7.25. The molecule has 0 bridgehead atoms. The van der Waals surface area contributed by atoms with E-state index in [1.165, 1.54) is 25.7 Å². The Labute approximate surface area is 78.9 Å². The fourth-order valence-corrected chi connectivity index (χ4v) is 2.07. The third-order valence-electron chi connectivity index (χ3n) is 2.97. The summed E-state index contributed by atoms with van der Waals surface area (Å²) in [5.41, 5.74) is 5.40. The van der Waals surface area contributed by atoms with Crippen LogP contribution in [0.5, 0.6) is 0 Å². The summed E-state index contributed by atoms with van der Waals surface area (Å²) in [6.45, 7) is 1.02. The van der Waals surface area contributed by atoms with Crippen LogP contribution in [0.3, 0.4) is 0 Å². The van der Waals surface area contributed by atoms with E-state index in [2.05, 4.69) is 5.32 Å². The summed E-state index contributed by atoms with van der Waals surface area (Å²) in [5.74, 6) is 2.84. The summed E-state index contributed by atoms with van der Waals surface area (Å²) in [4.78, 5) is 0. The molecule has 2 fully saturated rings. The number of hydrogen-bond acceptors (Lipinski definition) is 1. The van der Waals surface area contributed by atoms with E-state index < -0.39 is 0 Å². The van der Waals surface area contributed by atoms with Gasteiger partial charge in [0, 0.05) is 6.54 Å². The topological polar surface area (TPSA) is 38.0 Å². The van der Waals surface area contributed by atoms with E-state index in [1.54, 1.807) is 0 Å². The molecule has 0 unspecified atom stereocenters. The van der Waals surface area contributed by atoms with Crippen molar-refractivity contribution in [3.8, 4) is 0 Å². The molecule has 0 spiro atoms. The number of nitrogens with two attached hydrogens (primary N) is 1. The SMILES string of the molecule is NC(=S)NCC(C1CC1)C1CC1. The van der Waals surface area contributed by atoms with Gasteiger partial charge in [-0.05, 0) is 55.7 Å². The summed E-state index contributed by atoms with van der Waals surface area (Å²) < 4.78 is 0. The van der Waals surface area contributed by atoms with E-state index in [9.17, 15) is 0 Å². The van der Waals surface area contributed by atoms with Crippen LogP contribution in [-0.2, 0) is 0 Å². The molecule has 3 N–H and O–H groups in total. The largest absolute Gasteiger partial charge is 0.376 e. The van der Waals surface area contributed by atoms with Crippen molar-refractivity contribution in [2.24, 2.45) is 23.5 Å². The molecule has 12 heavy (non-hydrogen) atoms. The van der Waals surface area contributed by atoms with Crippen molar-refractivity contribution >= 4 is 17.3 Å². The highest BCUT2D eigenvalue weighted by molar-refractivity contribution is 7.80. The van der Waals surface area contributed by atoms with Crippen LogP contribution in [0.15, 0.2) is 0 Å². The van der Waals surface area contributed by atoms with Gasteiger partial charge in [0.1, 0.15) is 0 Å². The molecule has 0 radical (unpaired) electrons. The molecule has 2 rings (SSSR count). The van der Waals surface area contributed by atoms with Crippen molar-refractivity contribution in [1.29, 1.82) is 0 Å². The molecule has 0 aromatic rings. The van der Waals surface area contributed by atoms with Crippen LogP contribution in [0, 0.1) is 17.8 Å². The lowest BCUT2D eigenvalue weighted by molar-refractivity contribution is 0.402. The van der Waals surface area contributed by atoms with Gasteiger partial charge in [-0.3, -0.25) is 0 Å². The highest BCUT2D eigenvalue weighted by atomic mass is 32.1. The summed E-state index contributed by atoms with van der Waals surface area (Å²) in [7, 11) is 0. The molecule has 0 aliphatic heterocycles. The minimum absolute atomic E-state index is 0.460. The smallest absolute Gasteiger partial charge is 0.163 e. The molecular formula is C9H16N2S. The fourth-order valence-electron chi connectivity index (χ4n) is 1.99. The number of thiocarbonyl (C=S) groups is 1. The molecule has 0 aromatic heterocycles. The Morgan fingerprint density at radius 2 is 1.83 bits per heavy atom. The van der Waals surface area contributed by atoms with Gasteiger partial charge in [0.25, 0.3) is 0 Å². The molecule has 0 atom stereocenters. The van der Waals surface area contributed by atoms with Crippen LogP contribution < -0.4 is 11.1 Å². The first-order valence-corrected chi connectivity index (χ1v) is 5.21. The molecule has 2 aliphatic carbocycles. The van der Waals surface area contributed by atoms with Crippen molar-refractivity contribution in [1.82, 2.24) is 5.32 Å². The average molecular weight is 184 g/mol. The quantitative estimate of drug-likeness (QED) is 0.646. The van der Waals surface area contributed by atoms with Crippen LogP contribution in [0.1, 0.15) is 25.7 Å². The lowest BCUT2D eigenvalue weighted by Gasteiger charge is -2.15. The summed E-state index contributed by atoms with van der Waals surface area (Å²) in [5, 5.41) is 3.56. The maximum absolute atomic E-state index is 5.40. The van der Waals surface area contributed by atoms with Crippen LogP contribution in [0.2, 0.25) is 0 Å². The van der Waals surface area contributed by atoms with E-state index in [4.69, 9.17) is 18.0 Å². The first-order valence-electron chi connectivity index (χ1n) is 4.80. The molecule has 0 saturated heterocycles. The van der Waals surface area contributed by atoms with Crippen LogP contribution >= 0.6 is 12.2 Å². The highest BCUT2D eigenvalue weighted by Crippen LogP contribution is 2.48. The molecule has 2 saturated carbocycles. The first kappa shape index (κ1) is 8.30. The number of rotatable bonds is 4. The molecule has 0 aromatic carbocycles. The normalized spacial score (nSPS) is 22.8. The van der Waals surface area contributed by atoms with Crippen LogP contribution in [0.25, 0.3) is 0 Å². The van der Waals surface area contributed by atoms with Crippen LogP contribution in [0.4, 0.5) is 0 Å². The van der Waals surface area contributed by atoms with Gasteiger partial charge in [-0.25, -0.2) is 0 Å². The maximum atomic E-state index is 5.40. The van der Waals surface area contributed by atoms with Gasteiger partial charge < -0.3 is 11.1 Å². The van der Waals surface area contributed by atoms with E-state index in [-0.39, 0.29) is 0 Å². The van der Waals surface area contributed by atoms with Crippen molar-refractivity contribution in [3.63, 3.8) is 0 Å². The second-order valence-electron chi connectivity index (χ2n) is 4.08. The molecular weight excluding hydrogens is 168 g/mol. The lowest BCUT2D eigenvalue weighted by Crippen LogP contribution is -2.34. The van der Waals surface area contributed by atoms with Crippen molar-refractivity contribution in [3.05, 3.63) is 0 Å². The minimum Gasteiger partial charge on any atom is -0.376 e. The zero-order valence-corrected chi connectivity index (χ0v) is 8.07. The molecule has 0 heterocycles. The van der Waals surface area contributed by atoms with Gasteiger partial charge in [0.05, 0.1) is 0 Å². The Kier molecular flexibility index (Phi) is 2.22. The Morgan fingerprint density at radius 1 is 1.33 bits per heavy atom. The average Bonchev–Trinajstić information content (AvgIpc) is 2.83. The summed E-state index contributed by atoms with van der Waals surface area (Å²) >= 11 is 4.79. The first-order chi connectivity index (χ1) is 5.77. The molecule has 3 heteroatoms. The van der Waals surface area contributed by atoms with Crippen LogP contribution in [-0.4, -0.2) is 11.7 Å². The van der Waals surface area contributed by atoms with Crippen molar-refractivity contribution in [2.75, 3.05) is 6.54 Å². The second kappa shape index (κ2) is 3.21. The molecule has 2 aliphatic rings. The fraction of sp³-hybridized carbons (Fsp3) is 0.889. The Hall–Kier alpha value is -0.310. The second-order valence-corrected chi connectivity index (χ2v) is 4.52. The van der Waals surface area contributed by atoms with E-state index in [0.717, 1.165) is 24.3 Å². The summed E-state index contributed by atoms with van der Waals surface area (Å²) in [6.07, 6.45) is 5.72. The Balaban J connectivity index is 1.76. The summed E-state index contributed by atoms with van der Waals surface area (Å²) in [6, 6.07) is 0. The van der Waals surface area contributed by atoms with Crippen molar-refractivity contribution in [2.45, 2.75) is 25.7 Å². The standard InChI is InChI=1S/C9H16N2S/c10-9(12)11-5-8(6-1-2-6)7-3-4-7/h6-8H,1-5H2,(H3,10,11,12). The van der Waals surface area contributed by atoms with E-state index in [0.29, 0.717) is 5.11 Å². The maximum Gasteiger partial charge on any atom is 0.163 e. The van der Waals surface area contributed by atoms with Gasteiger partial charge >= 0.3 is 0 Å². The van der Waals surface area contributed by atoms with E-state index in [1.807, 2.05) is 0 Å². The molecule has 2 nitrogen and oxygen atoms in total. The Morgan fingerprint density at radius 3 is 2.17 bits per heavy atom. The van der Waals surface area contributed by atoms with Gasteiger partial charge in [-0.15, -0.1) is 0 Å². The highest BCUT2D eigenvalue weighted by Gasteiger charge is 2.40. The van der Waals surface area contributed by atoms with E-state index >= 15 is 0 Å². The third kappa shape index (κ3) is 2.09. The predicted molar refractivity (Wildman–Crippen MR) is 53.7 cm³/mol. The zero-order chi connectivity index (χ0) is 8.55.